The number of furan rings is 1. The van der Waals surface area contributed by atoms with Crippen molar-refractivity contribution in [2.45, 2.75) is 25.2 Å². The van der Waals surface area contributed by atoms with Gasteiger partial charge in [0.15, 0.2) is 11.0 Å². The SMILES string of the molecule is C=CCn1c(SCC(=O)N(C)Cc2cccs2)nnc1-c1ccoc1C. The lowest BCUT2D eigenvalue weighted by atomic mass is 10.2. The first-order valence-corrected chi connectivity index (χ1v) is 9.94. The van der Waals surface area contributed by atoms with Crippen molar-refractivity contribution in [2.24, 2.45) is 0 Å². The maximum Gasteiger partial charge on any atom is 0.233 e. The Morgan fingerprint density at radius 3 is 2.96 bits per heavy atom. The minimum atomic E-state index is 0.0533. The third kappa shape index (κ3) is 4.08. The van der Waals surface area contributed by atoms with Crippen LogP contribution in [0.4, 0.5) is 0 Å². The third-order valence-corrected chi connectivity index (χ3v) is 5.66. The molecule has 6 nitrogen and oxygen atoms in total. The zero-order valence-corrected chi connectivity index (χ0v) is 16.3. The van der Waals surface area contributed by atoms with Gasteiger partial charge < -0.3 is 9.32 Å². The van der Waals surface area contributed by atoms with Crippen molar-refractivity contribution in [3.05, 3.63) is 53.1 Å². The normalized spacial score (nSPS) is 10.8. The van der Waals surface area contributed by atoms with Crippen LogP contribution in [0.1, 0.15) is 10.6 Å². The minimum Gasteiger partial charge on any atom is -0.469 e. The molecular formula is C18H20N4O2S2. The molecule has 26 heavy (non-hydrogen) atoms. The molecule has 0 aromatic carbocycles. The second kappa shape index (κ2) is 8.37. The molecule has 1 amide bonds. The first-order valence-electron chi connectivity index (χ1n) is 8.08. The number of aryl methyl sites for hydroxylation is 1. The standard InChI is InChI=1S/C18H20N4O2S2/c1-4-8-22-17(15-7-9-24-13(15)2)19-20-18(22)26-12-16(23)21(3)11-14-6-5-10-25-14/h4-7,9-10H,1,8,11-12H2,2-3H3. The summed E-state index contributed by atoms with van der Waals surface area (Å²) in [5.74, 6) is 1.86. The van der Waals surface area contributed by atoms with Crippen LogP contribution in [0.25, 0.3) is 11.4 Å². The Labute approximate surface area is 160 Å². The predicted molar refractivity (Wildman–Crippen MR) is 104 cm³/mol. The molecule has 0 aliphatic carbocycles. The molecule has 0 saturated heterocycles. The summed E-state index contributed by atoms with van der Waals surface area (Å²) in [4.78, 5) is 15.3. The van der Waals surface area contributed by atoms with E-state index in [0.29, 0.717) is 24.0 Å². The van der Waals surface area contributed by atoms with E-state index >= 15 is 0 Å². The van der Waals surface area contributed by atoms with E-state index in [1.807, 2.05) is 42.1 Å². The van der Waals surface area contributed by atoms with E-state index in [2.05, 4.69) is 16.8 Å². The number of amides is 1. The van der Waals surface area contributed by atoms with Crippen LogP contribution in [-0.2, 0) is 17.9 Å². The van der Waals surface area contributed by atoms with Crippen LogP contribution in [-0.4, -0.2) is 38.4 Å². The van der Waals surface area contributed by atoms with Gasteiger partial charge in [0.05, 0.1) is 24.1 Å². The van der Waals surface area contributed by atoms with Crippen molar-refractivity contribution in [3.63, 3.8) is 0 Å². The molecule has 0 atom stereocenters. The highest BCUT2D eigenvalue weighted by atomic mass is 32.2. The number of hydrogen-bond donors (Lipinski definition) is 0. The van der Waals surface area contributed by atoms with Crippen LogP contribution in [0, 0.1) is 6.92 Å². The Bertz CT molecular complexity index is 883. The zero-order valence-electron chi connectivity index (χ0n) is 14.7. The molecule has 0 radical (unpaired) electrons. The highest BCUT2D eigenvalue weighted by molar-refractivity contribution is 7.99. The van der Waals surface area contributed by atoms with Crippen molar-refractivity contribution >= 4 is 29.0 Å². The number of thiophene rings is 1. The second-order valence-corrected chi connectivity index (χ2v) is 7.69. The Kier molecular flexibility index (Phi) is 5.95. The van der Waals surface area contributed by atoms with Crippen molar-refractivity contribution in [3.8, 4) is 11.4 Å². The molecule has 3 heterocycles. The van der Waals surface area contributed by atoms with Gasteiger partial charge in [-0.15, -0.1) is 28.1 Å². The van der Waals surface area contributed by atoms with Gasteiger partial charge in [-0.05, 0) is 24.4 Å². The number of allylic oxidation sites excluding steroid dienone is 1. The minimum absolute atomic E-state index is 0.0533. The lowest BCUT2D eigenvalue weighted by molar-refractivity contribution is -0.127. The summed E-state index contributed by atoms with van der Waals surface area (Å²) in [5, 5.41) is 11.2. The Hall–Kier alpha value is -2.32. The fraction of sp³-hybridized carbons (Fsp3) is 0.278. The highest BCUT2D eigenvalue weighted by Crippen LogP contribution is 2.27. The number of carbonyl (C=O) groups excluding carboxylic acids is 1. The smallest absolute Gasteiger partial charge is 0.233 e. The van der Waals surface area contributed by atoms with E-state index in [1.165, 1.54) is 16.6 Å². The molecule has 0 spiro atoms. The summed E-state index contributed by atoms with van der Waals surface area (Å²) < 4.78 is 7.31. The molecule has 3 rings (SSSR count). The van der Waals surface area contributed by atoms with Gasteiger partial charge in [-0.3, -0.25) is 9.36 Å². The van der Waals surface area contributed by atoms with Gasteiger partial charge in [-0.25, -0.2) is 0 Å². The number of rotatable bonds is 8. The van der Waals surface area contributed by atoms with Crippen LogP contribution >= 0.6 is 23.1 Å². The van der Waals surface area contributed by atoms with Crippen molar-refractivity contribution in [1.29, 1.82) is 0 Å². The van der Waals surface area contributed by atoms with E-state index in [-0.39, 0.29) is 5.91 Å². The van der Waals surface area contributed by atoms with Gasteiger partial charge in [-0.1, -0.05) is 23.9 Å². The number of nitrogens with zero attached hydrogens (tertiary/aromatic N) is 4. The largest absolute Gasteiger partial charge is 0.469 e. The third-order valence-electron chi connectivity index (χ3n) is 3.85. The van der Waals surface area contributed by atoms with E-state index in [9.17, 15) is 4.79 Å². The number of thioether (sulfide) groups is 1. The average Bonchev–Trinajstić information content (AvgIpc) is 3.35. The summed E-state index contributed by atoms with van der Waals surface area (Å²) in [6.45, 7) is 6.88. The molecule has 8 heteroatoms. The van der Waals surface area contributed by atoms with Gasteiger partial charge in [0.1, 0.15) is 5.76 Å². The zero-order chi connectivity index (χ0) is 18.5. The van der Waals surface area contributed by atoms with Crippen molar-refractivity contribution in [2.75, 3.05) is 12.8 Å². The molecule has 0 fully saturated rings. The summed E-state index contributed by atoms with van der Waals surface area (Å²) in [5.41, 5.74) is 0.896. The van der Waals surface area contributed by atoms with Crippen LogP contribution in [0.5, 0.6) is 0 Å². The average molecular weight is 389 g/mol. The van der Waals surface area contributed by atoms with Gasteiger partial charge in [0.25, 0.3) is 0 Å². The molecule has 0 bridgehead atoms. The maximum absolute atomic E-state index is 12.4. The first kappa shape index (κ1) is 18.5. The second-order valence-electron chi connectivity index (χ2n) is 5.71. The van der Waals surface area contributed by atoms with E-state index in [1.54, 1.807) is 28.6 Å². The number of carbonyl (C=O) groups is 1. The summed E-state index contributed by atoms with van der Waals surface area (Å²) >= 11 is 3.03. The van der Waals surface area contributed by atoms with Gasteiger partial charge in [0, 0.05) is 18.5 Å². The monoisotopic (exact) mass is 388 g/mol. The van der Waals surface area contributed by atoms with Gasteiger partial charge >= 0.3 is 0 Å². The number of hydrogen-bond acceptors (Lipinski definition) is 6. The lowest BCUT2D eigenvalue weighted by Gasteiger charge is -2.16. The molecule has 0 N–H and O–H groups in total. The first-order chi connectivity index (χ1) is 12.6. The molecule has 3 aromatic heterocycles. The molecule has 0 unspecified atom stereocenters. The van der Waals surface area contributed by atoms with Crippen molar-refractivity contribution < 1.29 is 9.21 Å². The molecule has 0 aliphatic heterocycles. The Balaban J connectivity index is 1.69. The highest BCUT2D eigenvalue weighted by Gasteiger charge is 2.18. The fourth-order valence-corrected chi connectivity index (χ4v) is 4.11. The van der Waals surface area contributed by atoms with Crippen LogP contribution in [0.15, 0.2) is 52.1 Å². The molecule has 3 aromatic rings. The lowest BCUT2D eigenvalue weighted by Crippen LogP contribution is -2.27. The van der Waals surface area contributed by atoms with Crippen molar-refractivity contribution in [1.82, 2.24) is 19.7 Å². The van der Waals surface area contributed by atoms with E-state index < -0.39 is 0 Å². The summed E-state index contributed by atoms with van der Waals surface area (Å²) in [6.07, 6.45) is 3.42. The molecule has 136 valence electrons. The van der Waals surface area contributed by atoms with E-state index in [4.69, 9.17) is 4.42 Å². The van der Waals surface area contributed by atoms with Gasteiger partial charge in [-0.2, -0.15) is 0 Å². The summed E-state index contributed by atoms with van der Waals surface area (Å²) in [6, 6.07) is 5.89. The van der Waals surface area contributed by atoms with Crippen LogP contribution in [0.3, 0.4) is 0 Å². The number of aromatic nitrogens is 3. The topological polar surface area (TPSA) is 64.2 Å². The quantitative estimate of drug-likeness (QED) is 0.433. The predicted octanol–water partition coefficient (Wildman–Crippen LogP) is 3.84. The van der Waals surface area contributed by atoms with Crippen LogP contribution < -0.4 is 0 Å². The maximum atomic E-state index is 12.4. The Morgan fingerprint density at radius 2 is 2.31 bits per heavy atom. The Morgan fingerprint density at radius 1 is 1.46 bits per heavy atom. The van der Waals surface area contributed by atoms with E-state index in [0.717, 1.165) is 17.1 Å². The molecule has 0 saturated carbocycles. The fourth-order valence-electron chi connectivity index (χ4n) is 2.47. The van der Waals surface area contributed by atoms with Gasteiger partial charge in [0.2, 0.25) is 5.91 Å². The summed E-state index contributed by atoms with van der Waals surface area (Å²) in [7, 11) is 1.82. The molecule has 0 aliphatic rings. The molecular weight excluding hydrogens is 368 g/mol. The van der Waals surface area contributed by atoms with Crippen LogP contribution in [0.2, 0.25) is 0 Å².